The standard InChI is InChI=1S/C12H11ClN4OS/c1-6-16-17-12(19-6)8-5-14-10(4-9(8)13)15-11(18)7-2-3-7/h4-5,7H,2-3H2,1H3,(H,14,15,18). The average Bonchev–Trinajstić information content (AvgIpc) is 3.13. The van der Waals surface area contributed by atoms with E-state index in [0.717, 1.165) is 28.4 Å². The molecule has 0 radical (unpaired) electrons. The van der Waals surface area contributed by atoms with Crippen molar-refractivity contribution in [2.75, 3.05) is 5.32 Å². The molecule has 1 aliphatic rings. The van der Waals surface area contributed by atoms with Crippen molar-refractivity contribution >= 4 is 34.7 Å². The SMILES string of the molecule is Cc1nnc(-c2cnc(NC(=O)C3CC3)cc2Cl)s1. The van der Waals surface area contributed by atoms with Crippen molar-refractivity contribution < 1.29 is 4.79 Å². The van der Waals surface area contributed by atoms with E-state index in [1.165, 1.54) is 11.3 Å². The molecule has 0 unspecified atom stereocenters. The molecule has 1 amide bonds. The Balaban J connectivity index is 1.83. The highest BCUT2D eigenvalue weighted by Gasteiger charge is 2.29. The summed E-state index contributed by atoms with van der Waals surface area (Å²) in [4.78, 5) is 15.8. The maximum atomic E-state index is 11.6. The summed E-state index contributed by atoms with van der Waals surface area (Å²) in [5.74, 6) is 0.640. The Morgan fingerprint density at radius 2 is 2.26 bits per heavy atom. The van der Waals surface area contributed by atoms with E-state index in [0.29, 0.717) is 10.8 Å². The molecule has 7 heteroatoms. The molecule has 0 saturated heterocycles. The second-order valence-electron chi connectivity index (χ2n) is 4.44. The molecule has 1 saturated carbocycles. The molecule has 98 valence electrons. The number of nitrogens with one attached hydrogen (secondary N) is 1. The van der Waals surface area contributed by atoms with Gasteiger partial charge in [-0.05, 0) is 19.8 Å². The summed E-state index contributed by atoms with van der Waals surface area (Å²) in [6.07, 6.45) is 3.54. The van der Waals surface area contributed by atoms with Crippen LogP contribution < -0.4 is 5.32 Å². The summed E-state index contributed by atoms with van der Waals surface area (Å²) in [5, 5.41) is 12.9. The van der Waals surface area contributed by atoms with Crippen LogP contribution in [0.3, 0.4) is 0 Å². The number of halogens is 1. The lowest BCUT2D eigenvalue weighted by Crippen LogP contribution is -2.14. The Morgan fingerprint density at radius 1 is 1.47 bits per heavy atom. The predicted octanol–water partition coefficient (Wildman–Crippen LogP) is 2.91. The zero-order chi connectivity index (χ0) is 13.4. The third-order valence-electron chi connectivity index (χ3n) is 2.81. The van der Waals surface area contributed by atoms with Gasteiger partial charge in [-0.3, -0.25) is 4.79 Å². The van der Waals surface area contributed by atoms with E-state index in [-0.39, 0.29) is 11.8 Å². The second kappa shape index (κ2) is 4.86. The van der Waals surface area contributed by atoms with Gasteiger partial charge in [-0.2, -0.15) is 0 Å². The van der Waals surface area contributed by atoms with Crippen LogP contribution in [0.5, 0.6) is 0 Å². The smallest absolute Gasteiger partial charge is 0.228 e. The van der Waals surface area contributed by atoms with Gasteiger partial charge in [0.05, 0.1) is 5.02 Å². The highest BCUT2D eigenvalue weighted by Crippen LogP contribution is 2.32. The van der Waals surface area contributed by atoms with Gasteiger partial charge in [-0.25, -0.2) is 4.98 Å². The molecular weight excluding hydrogens is 284 g/mol. The number of rotatable bonds is 3. The maximum absolute atomic E-state index is 11.6. The largest absolute Gasteiger partial charge is 0.310 e. The number of carbonyl (C=O) groups excluding carboxylic acids is 1. The number of hydrogen-bond donors (Lipinski definition) is 1. The van der Waals surface area contributed by atoms with Gasteiger partial charge in [0.1, 0.15) is 10.8 Å². The molecule has 0 aromatic carbocycles. The van der Waals surface area contributed by atoms with Gasteiger partial charge in [-0.1, -0.05) is 22.9 Å². The first-order valence-corrected chi connectivity index (χ1v) is 7.10. The molecule has 2 aromatic rings. The Hall–Kier alpha value is -1.53. The number of amides is 1. The van der Waals surface area contributed by atoms with Crippen LogP contribution >= 0.6 is 22.9 Å². The lowest BCUT2D eigenvalue weighted by atomic mass is 10.3. The van der Waals surface area contributed by atoms with E-state index in [1.54, 1.807) is 12.3 Å². The average molecular weight is 295 g/mol. The molecule has 1 aliphatic carbocycles. The lowest BCUT2D eigenvalue weighted by Gasteiger charge is -2.05. The molecule has 2 heterocycles. The third-order valence-corrected chi connectivity index (χ3v) is 3.99. The molecule has 5 nitrogen and oxygen atoms in total. The topological polar surface area (TPSA) is 67.8 Å². The summed E-state index contributed by atoms with van der Waals surface area (Å²) < 4.78 is 0. The quantitative estimate of drug-likeness (QED) is 0.945. The first kappa shape index (κ1) is 12.5. The van der Waals surface area contributed by atoms with Crippen molar-refractivity contribution in [1.82, 2.24) is 15.2 Å². The summed E-state index contributed by atoms with van der Waals surface area (Å²) in [6.45, 7) is 1.88. The van der Waals surface area contributed by atoms with Gasteiger partial charge in [0, 0.05) is 23.7 Å². The van der Waals surface area contributed by atoms with Gasteiger partial charge >= 0.3 is 0 Å². The number of carbonyl (C=O) groups is 1. The molecule has 19 heavy (non-hydrogen) atoms. The summed E-state index contributed by atoms with van der Waals surface area (Å²) in [6, 6.07) is 1.65. The van der Waals surface area contributed by atoms with Crippen LogP contribution in [-0.4, -0.2) is 21.1 Å². The van der Waals surface area contributed by atoms with Gasteiger partial charge in [-0.15, -0.1) is 10.2 Å². The first-order valence-electron chi connectivity index (χ1n) is 5.90. The van der Waals surface area contributed by atoms with Crippen LogP contribution in [0, 0.1) is 12.8 Å². The van der Waals surface area contributed by atoms with Crippen molar-refractivity contribution in [3.8, 4) is 10.6 Å². The maximum Gasteiger partial charge on any atom is 0.228 e. The van der Waals surface area contributed by atoms with Gasteiger partial charge in [0.25, 0.3) is 0 Å². The zero-order valence-electron chi connectivity index (χ0n) is 10.2. The van der Waals surface area contributed by atoms with Crippen molar-refractivity contribution in [3.05, 3.63) is 22.3 Å². The monoisotopic (exact) mass is 294 g/mol. The van der Waals surface area contributed by atoms with Gasteiger partial charge in [0.15, 0.2) is 5.01 Å². The van der Waals surface area contributed by atoms with E-state index in [1.807, 2.05) is 6.92 Å². The molecule has 2 aromatic heterocycles. The summed E-state index contributed by atoms with van der Waals surface area (Å²) >= 11 is 7.66. The molecule has 1 fully saturated rings. The summed E-state index contributed by atoms with van der Waals surface area (Å²) in [7, 11) is 0. The van der Waals surface area contributed by atoms with Gasteiger partial charge in [0.2, 0.25) is 5.91 Å². The van der Waals surface area contributed by atoms with E-state index < -0.39 is 0 Å². The van der Waals surface area contributed by atoms with Crippen LogP contribution in [0.15, 0.2) is 12.3 Å². The molecule has 0 spiro atoms. The third kappa shape index (κ3) is 2.74. The van der Waals surface area contributed by atoms with Crippen molar-refractivity contribution in [1.29, 1.82) is 0 Å². The predicted molar refractivity (Wildman–Crippen MR) is 74.2 cm³/mol. The summed E-state index contributed by atoms with van der Waals surface area (Å²) in [5.41, 5.74) is 0.733. The molecule has 1 N–H and O–H groups in total. The Labute approximate surface area is 119 Å². The minimum atomic E-state index is 0.0167. The number of anilines is 1. The van der Waals surface area contributed by atoms with Crippen LogP contribution in [0.2, 0.25) is 5.02 Å². The van der Waals surface area contributed by atoms with E-state index in [2.05, 4.69) is 20.5 Å². The van der Waals surface area contributed by atoms with Crippen LogP contribution in [0.4, 0.5) is 5.82 Å². The minimum absolute atomic E-state index is 0.0167. The molecule has 0 bridgehead atoms. The van der Waals surface area contributed by atoms with Crippen LogP contribution in [-0.2, 0) is 4.79 Å². The van der Waals surface area contributed by atoms with Crippen molar-refractivity contribution in [2.24, 2.45) is 5.92 Å². The Morgan fingerprint density at radius 3 is 2.84 bits per heavy atom. The van der Waals surface area contributed by atoms with Crippen LogP contribution in [0.25, 0.3) is 10.6 Å². The lowest BCUT2D eigenvalue weighted by molar-refractivity contribution is -0.117. The van der Waals surface area contributed by atoms with E-state index in [4.69, 9.17) is 11.6 Å². The normalized spacial score (nSPS) is 14.4. The number of aryl methyl sites for hydroxylation is 1. The number of hydrogen-bond acceptors (Lipinski definition) is 5. The fraction of sp³-hybridized carbons (Fsp3) is 0.333. The Kier molecular flexibility index (Phi) is 3.20. The Bertz CT molecular complexity index is 638. The molecule has 0 aliphatic heterocycles. The first-order chi connectivity index (χ1) is 9.13. The molecular formula is C12H11ClN4OS. The fourth-order valence-corrected chi connectivity index (χ4v) is 2.65. The molecule has 0 atom stereocenters. The van der Waals surface area contributed by atoms with Crippen molar-refractivity contribution in [2.45, 2.75) is 19.8 Å². The van der Waals surface area contributed by atoms with E-state index in [9.17, 15) is 4.79 Å². The number of pyridine rings is 1. The minimum Gasteiger partial charge on any atom is -0.310 e. The highest BCUT2D eigenvalue weighted by molar-refractivity contribution is 7.14. The number of aromatic nitrogens is 3. The highest BCUT2D eigenvalue weighted by atomic mass is 35.5. The second-order valence-corrected chi connectivity index (χ2v) is 6.03. The van der Waals surface area contributed by atoms with E-state index >= 15 is 0 Å². The zero-order valence-corrected chi connectivity index (χ0v) is 11.8. The van der Waals surface area contributed by atoms with Crippen LogP contribution in [0.1, 0.15) is 17.8 Å². The van der Waals surface area contributed by atoms with Crippen molar-refractivity contribution in [3.63, 3.8) is 0 Å². The van der Waals surface area contributed by atoms with Gasteiger partial charge < -0.3 is 5.32 Å². The molecule has 3 rings (SSSR count). The number of nitrogens with zero attached hydrogens (tertiary/aromatic N) is 3. The fourth-order valence-electron chi connectivity index (χ4n) is 1.64.